The highest BCUT2D eigenvalue weighted by Crippen LogP contribution is 2.41. The number of carbonyl (C=O) groups excluding carboxylic acids is 1. The molecule has 4 heteroatoms. The molecule has 0 radical (unpaired) electrons. The molecule has 0 atom stereocenters. The lowest BCUT2D eigenvalue weighted by atomic mass is 10.1. The molecule has 0 aliphatic heterocycles. The molecule has 1 aromatic rings. The number of hydrogen-bond donors (Lipinski definition) is 0. The van der Waals surface area contributed by atoms with Gasteiger partial charge in [0, 0.05) is 12.3 Å². The Morgan fingerprint density at radius 2 is 2.24 bits per heavy atom. The van der Waals surface area contributed by atoms with Crippen LogP contribution in [0.3, 0.4) is 0 Å². The number of ether oxygens (including phenoxy) is 1. The van der Waals surface area contributed by atoms with Crippen LogP contribution in [-0.2, 0) is 11.2 Å². The highest BCUT2D eigenvalue weighted by Gasteiger charge is 2.34. The molecule has 1 aliphatic rings. The van der Waals surface area contributed by atoms with E-state index in [1.54, 1.807) is 6.92 Å². The Kier molecular flexibility index (Phi) is 3.50. The molecule has 0 unspecified atom stereocenters. The lowest BCUT2D eigenvalue weighted by Crippen LogP contribution is -2.05. The fourth-order valence-electron chi connectivity index (χ4n) is 1.79. The lowest BCUT2D eigenvalue weighted by molar-refractivity contribution is 0.0486. The largest absolute Gasteiger partial charge is 0.460 e. The molecule has 0 spiro atoms. The molecule has 1 aliphatic carbocycles. The predicted molar refractivity (Wildman–Crippen MR) is 63.0 cm³/mol. The summed E-state index contributed by atoms with van der Waals surface area (Å²) in [6.07, 6.45) is 2.96. The van der Waals surface area contributed by atoms with Crippen molar-refractivity contribution in [3.8, 4) is 0 Å². The highest BCUT2D eigenvalue weighted by molar-refractivity contribution is 5.87. The van der Waals surface area contributed by atoms with E-state index in [0.717, 1.165) is 25.0 Å². The molecule has 0 amide bonds. The van der Waals surface area contributed by atoms with Crippen molar-refractivity contribution in [2.75, 3.05) is 6.61 Å². The minimum Gasteiger partial charge on any atom is -0.460 e. The molecule has 17 heavy (non-hydrogen) atoms. The van der Waals surface area contributed by atoms with Gasteiger partial charge >= 0.3 is 5.97 Å². The average molecular weight is 237 g/mol. The number of hydrogen-bond acceptors (Lipinski definition) is 4. The van der Waals surface area contributed by atoms with Crippen LogP contribution in [0, 0.1) is 5.92 Å². The number of rotatable bonds is 5. The Morgan fingerprint density at radius 3 is 2.76 bits per heavy atom. The van der Waals surface area contributed by atoms with Crippen LogP contribution in [0.5, 0.6) is 0 Å². The first-order valence-corrected chi connectivity index (χ1v) is 6.28. The second kappa shape index (κ2) is 4.90. The first kappa shape index (κ1) is 12.1. The Morgan fingerprint density at radius 1 is 1.53 bits per heavy atom. The SMILES string of the molecule is CCOC(=O)c1oc(CC(C)C)nc1C1CC1. The van der Waals surface area contributed by atoms with Crippen molar-refractivity contribution in [3.05, 3.63) is 17.3 Å². The zero-order valence-electron chi connectivity index (χ0n) is 10.7. The van der Waals surface area contributed by atoms with Gasteiger partial charge in [-0.15, -0.1) is 0 Å². The van der Waals surface area contributed by atoms with Crippen LogP contribution >= 0.6 is 0 Å². The van der Waals surface area contributed by atoms with Gasteiger partial charge in [0.2, 0.25) is 5.76 Å². The summed E-state index contributed by atoms with van der Waals surface area (Å²) in [4.78, 5) is 16.2. The molecule has 2 rings (SSSR count). The quantitative estimate of drug-likeness (QED) is 0.739. The van der Waals surface area contributed by atoms with Gasteiger partial charge < -0.3 is 9.15 Å². The minimum absolute atomic E-state index is 0.324. The van der Waals surface area contributed by atoms with Gasteiger partial charge in [0.1, 0.15) is 0 Å². The predicted octanol–water partition coefficient (Wildman–Crippen LogP) is 2.93. The normalized spacial score (nSPS) is 15.3. The summed E-state index contributed by atoms with van der Waals surface area (Å²) in [5.41, 5.74) is 0.805. The van der Waals surface area contributed by atoms with E-state index in [1.807, 2.05) is 0 Å². The van der Waals surface area contributed by atoms with Gasteiger partial charge in [-0.25, -0.2) is 9.78 Å². The molecular weight excluding hydrogens is 218 g/mol. The summed E-state index contributed by atoms with van der Waals surface area (Å²) < 4.78 is 10.5. The molecular formula is C13H19NO3. The summed E-state index contributed by atoms with van der Waals surface area (Å²) in [6, 6.07) is 0. The fraction of sp³-hybridized carbons (Fsp3) is 0.692. The molecule has 0 saturated heterocycles. The molecule has 4 nitrogen and oxygen atoms in total. The summed E-state index contributed by atoms with van der Waals surface area (Å²) in [7, 11) is 0. The standard InChI is InChI=1S/C13H19NO3/c1-4-16-13(15)12-11(9-5-6-9)14-10(17-12)7-8(2)3/h8-9H,4-7H2,1-3H3. The van der Waals surface area contributed by atoms with Crippen LogP contribution in [0.4, 0.5) is 0 Å². The van der Waals surface area contributed by atoms with Crippen molar-refractivity contribution in [3.63, 3.8) is 0 Å². The average Bonchev–Trinajstić information content (AvgIpc) is 3.00. The monoisotopic (exact) mass is 237 g/mol. The number of oxazole rings is 1. The van der Waals surface area contributed by atoms with Gasteiger partial charge in [-0.2, -0.15) is 0 Å². The van der Waals surface area contributed by atoms with Crippen molar-refractivity contribution < 1.29 is 13.9 Å². The maximum Gasteiger partial charge on any atom is 0.376 e. The third-order valence-corrected chi connectivity index (χ3v) is 2.71. The second-order valence-electron chi connectivity index (χ2n) is 4.91. The van der Waals surface area contributed by atoms with Gasteiger partial charge in [0.25, 0.3) is 0 Å². The molecule has 1 aromatic heterocycles. The third-order valence-electron chi connectivity index (χ3n) is 2.71. The summed E-state index contributed by atoms with van der Waals surface area (Å²) in [6.45, 7) is 6.36. The Labute approximate surface area is 101 Å². The molecule has 0 bridgehead atoms. The molecule has 1 saturated carbocycles. The topological polar surface area (TPSA) is 52.3 Å². The fourth-order valence-corrected chi connectivity index (χ4v) is 1.79. The number of carbonyl (C=O) groups is 1. The Hall–Kier alpha value is -1.32. The van der Waals surface area contributed by atoms with Crippen LogP contribution in [0.25, 0.3) is 0 Å². The van der Waals surface area contributed by atoms with E-state index in [0.29, 0.717) is 30.1 Å². The maximum absolute atomic E-state index is 11.7. The molecule has 1 fully saturated rings. The molecule has 1 heterocycles. The van der Waals surface area contributed by atoms with Crippen molar-refractivity contribution in [1.29, 1.82) is 0 Å². The van der Waals surface area contributed by atoms with E-state index in [-0.39, 0.29) is 5.97 Å². The van der Waals surface area contributed by atoms with Crippen LogP contribution < -0.4 is 0 Å². The van der Waals surface area contributed by atoms with Crippen LogP contribution in [0.1, 0.15) is 61.7 Å². The number of aromatic nitrogens is 1. The molecule has 0 N–H and O–H groups in total. The Balaban J connectivity index is 2.22. The molecule has 0 aromatic carbocycles. The van der Waals surface area contributed by atoms with Crippen molar-refractivity contribution in [2.24, 2.45) is 5.92 Å². The third kappa shape index (κ3) is 2.87. The van der Waals surface area contributed by atoms with E-state index in [1.165, 1.54) is 0 Å². The second-order valence-corrected chi connectivity index (χ2v) is 4.91. The Bertz CT molecular complexity index is 405. The van der Waals surface area contributed by atoms with Crippen molar-refractivity contribution in [2.45, 2.75) is 46.0 Å². The van der Waals surface area contributed by atoms with Crippen LogP contribution in [0.2, 0.25) is 0 Å². The van der Waals surface area contributed by atoms with Crippen LogP contribution in [0.15, 0.2) is 4.42 Å². The van der Waals surface area contributed by atoms with E-state index in [2.05, 4.69) is 18.8 Å². The van der Waals surface area contributed by atoms with Gasteiger partial charge in [-0.1, -0.05) is 13.8 Å². The van der Waals surface area contributed by atoms with Gasteiger partial charge in [-0.05, 0) is 25.7 Å². The van der Waals surface area contributed by atoms with Gasteiger partial charge in [-0.3, -0.25) is 0 Å². The van der Waals surface area contributed by atoms with E-state index in [4.69, 9.17) is 9.15 Å². The van der Waals surface area contributed by atoms with E-state index in [9.17, 15) is 4.79 Å². The van der Waals surface area contributed by atoms with E-state index >= 15 is 0 Å². The zero-order valence-corrected chi connectivity index (χ0v) is 10.7. The number of esters is 1. The molecule has 94 valence electrons. The first-order valence-electron chi connectivity index (χ1n) is 6.28. The van der Waals surface area contributed by atoms with Crippen LogP contribution in [-0.4, -0.2) is 17.6 Å². The van der Waals surface area contributed by atoms with Crippen molar-refractivity contribution >= 4 is 5.97 Å². The van der Waals surface area contributed by atoms with Crippen molar-refractivity contribution in [1.82, 2.24) is 4.98 Å². The van der Waals surface area contributed by atoms with Gasteiger partial charge in [0.05, 0.1) is 12.3 Å². The highest BCUT2D eigenvalue weighted by atomic mass is 16.5. The first-order chi connectivity index (χ1) is 8.11. The van der Waals surface area contributed by atoms with Gasteiger partial charge in [0.15, 0.2) is 5.89 Å². The zero-order chi connectivity index (χ0) is 12.4. The summed E-state index contributed by atoms with van der Waals surface area (Å²) in [5, 5.41) is 0. The lowest BCUT2D eigenvalue weighted by Gasteiger charge is -1.99. The summed E-state index contributed by atoms with van der Waals surface area (Å²) >= 11 is 0. The number of nitrogens with zero attached hydrogens (tertiary/aromatic N) is 1. The van der Waals surface area contributed by atoms with E-state index < -0.39 is 0 Å². The maximum atomic E-state index is 11.7. The smallest absolute Gasteiger partial charge is 0.376 e. The minimum atomic E-state index is -0.378. The summed E-state index contributed by atoms with van der Waals surface area (Å²) in [5.74, 6) is 1.47.